The fraction of sp³-hybridized carbons (Fsp3) is 0.528. The van der Waals surface area contributed by atoms with E-state index >= 15 is 0 Å². The van der Waals surface area contributed by atoms with Gasteiger partial charge in [-0.3, -0.25) is 14.2 Å². The second-order valence-corrected chi connectivity index (χ2v) is 12.7. The van der Waals surface area contributed by atoms with Gasteiger partial charge < -0.3 is 21.1 Å². The minimum Gasteiger partial charge on any atom is -0.373 e. The van der Waals surface area contributed by atoms with Crippen LogP contribution < -0.4 is 21.9 Å². The summed E-state index contributed by atoms with van der Waals surface area (Å²) < 4.78 is 9.28. The van der Waals surface area contributed by atoms with Crippen LogP contribution in [-0.2, 0) is 10.3 Å². The lowest BCUT2D eigenvalue weighted by molar-refractivity contribution is -0.138. The molecular formula is C36H50N8O3. The van der Waals surface area contributed by atoms with Gasteiger partial charge in [0.15, 0.2) is 5.65 Å². The van der Waals surface area contributed by atoms with Crippen molar-refractivity contribution in [3.05, 3.63) is 70.4 Å². The summed E-state index contributed by atoms with van der Waals surface area (Å²) in [7, 11) is 3.47. The van der Waals surface area contributed by atoms with E-state index in [2.05, 4.69) is 22.5 Å². The molecule has 0 aliphatic heterocycles. The Labute approximate surface area is 277 Å². The number of unbranched alkanes of at least 4 members (excludes halogenated alkanes) is 10. The number of nitrogens with two attached hydrogens (primary N) is 1. The largest absolute Gasteiger partial charge is 0.373 e. The SMILES string of the molecule is CCCCCCCCCCCCC[C@@H]1CC[C@]1(OC)c1nn2c(NC)cc(Nc3cccn(-c4ccccn4)c3=O)nc2c1C(N)=O. The number of nitrogens with zero attached hydrogens (tertiary/aromatic N) is 5. The Bertz CT molecular complexity index is 1680. The van der Waals surface area contributed by atoms with E-state index in [9.17, 15) is 9.59 Å². The standard InChI is InChI=1S/C36H50N8O3/c1-4-5-6-7-8-9-10-11-12-13-14-18-26-21-22-36(26,47-3)32-31(33(37)45)34-41-28(25-30(38-2)44(34)42-32)40-27-19-17-24-43(35(27)46)29-20-15-16-23-39-29/h15-17,19-20,23-26,38H,4-14,18,21-22H2,1-3H3,(H2,37,45)(H,40,41)/t26-,36-/m1/s1. The first-order chi connectivity index (χ1) is 22.9. The van der Waals surface area contributed by atoms with Gasteiger partial charge in [-0.05, 0) is 49.4 Å². The van der Waals surface area contributed by atoms with E-state index in [1.807, 2.05) is 6.07 Å². The van der Waals surface area contributed by atoms with E-state index in [1.165, 1.54) is 68.8 Å². The van der Waals surface area contributed by atoms with Crippen LogP contribution in [-0.4, -0.2) is 44.2 Å². The maximum absolute atomic E-state index is 13.4. The molecule has 0 aromatic carbocycles. The molecule has 2 atom stereocenters. The van der Waals surface area contributed by atoms with Gasteiger partial charge in [0.1, 0.15) is 40.0 Å². The van der Waals surface area contributed by atoms with Crippen LogP contribution in [0.15, 0.2) is 53.6 Å². The van der Waals surface area contributed by atoms with Crippen molar-refractivity contribution in [2.75, 3.05) is 24.8 Å². The van der Waals surface area contributed by atoms with Gasteiger partial charge in [0, 0.05) is 32.6 Å². The zero-order chi connectivity index (χ0) is 33.2. The minimum atomic E-state index is -0.703. The zero-order valence-corrected chi connectivity index (χ0v) is 28.1. The summed E-state index contributed by atoms with van der Waals surface area (Å²) in [5.41, 5.74) is 6.42. The molecule has 4 N–H and O–H groups in total. The molecule has 0 radical (unpaired) electrons. The molecule has 0 spiro atoms. The van der Waals surface area contributed by atoms with E-state index in [0.717, 1.165) is 25.7 Å². The minimum absolute atomic E-state index is 0.235. The highest BCUT2D eigenvalue weighted by molar-refractivity contribution is 6.01. The van der Waals surface area contributed by atoms with Crippen molar-refractivity contribution in [3.8, 4) is 5.82 Å². The number of hydrogen-bond acceptors (Lipinski definition) is 8. The van der Waals surface area contributed by atoms with Gasteiger partial charge in [0.2, 0.25) is 0 Å². The Balaban J connectivity index is 1.32. The Kier molecular flexibility index (Phi) is 11.6. The highest BCUT2D eigenvalue weighted by Gasteiger charge is 2.52. The van der Waals surface area contributed by atoms with E-state index < -0.39 is 11.5 Å². The van der Waals surface area contributed by atoms with Crippen molar-refractivity contribution in [3.63, 3.8) is 0 Å². The number of hydrogen-bond donors (Lipinski definition) is 3. The topological polar surface area (TPSA) is 141 Å². The Morgan fingerprint density at radius 2 is 1.77 bits per heavy atom. The molecule has 0 saturated heterocycles. The van der Waals surface area contributed by atoms with Gasteiger partial charge in [-0.1, -0.05) is 83.6 Å². The first kappa shape index (κ1) is 34.1. The molecule has 11 nitrogen and oxygen atoms in total. The number of amides is 1. The molecule has 4 heterocycles. The summed E-state index contributed by atoms with van der Waals surface area (Å²) in [6.45, 7) is 2.26. The number of rotatable bonds is 19. The summed E-state index contributed by atoms with van der Waals surface area (Å²) in [5, 5.41) is 11.2. The molecule has 11 heteroatoms. The summed E-state index contributed by atoms with van der Waals surface area (Å²) >= 11 is 0. The number of methoxy groups -OCH3 is 1. The maximum atomic E-state index is 13.4. The van der Waals surface area contributed by atoms with Crippen LogP contribution in [0.4, 0.5) is 17.3 Å². The van der Waals surface area contributed by atoms with Gasteiger partial charge in [0.25, 0.3) is 11.5 Å². The second-order valence-electron chi connectivity index (χ2n) is 12.7. The quantitative estimate of drug-likeness (QED) is 0.0919. The lowest BCUT2D eigenvalue weighted by atomic mass is 9.64. The molecular weight excluding hydrogens is 592 g/mol. The van der Waals surface area contributed by atoms with E-state index in [0.29, 0.717) is 34.5 Å². The third-order valence-corrected chi connectivity index (χ3v) is 9.64. The number of nitrogens with one attached hydrogen (secondary N) is 2. The fourth-order valence-corrected chi connectivity index (χ4v) is 6.91. The van der Waals surface area contributed by atoms with Crippen LogP contribution in [0.25, 0.3) is 11.5 Å². The summed E-state index contributed by atoms with van der Waals surface area (Å²) in [5.74, 6) is 1.07. The van der Waals surface area contributed by atoms with Gasteiger partial charge >= 0.3 is 0 Å². The average molecular weight is 643 g/mol. The Morgan fingerprint density at radius 3 is 2.36 bits per heavy atom. The van der Waals surface area contributed by atoms with Crippen LogP contribution in [0.1, 0.15) is 113 Å². The number of ether oxygens (including phenoxy) is 1. The van der Waals surface area contributed by atoms with E-state index in [-0.39, 0.29) is 17.0 Å². The smallest absolute Gasteiger partial charge is 0.279 e. The molecule has 1 aliphatic carbocycles. The number of carbonyl (C=O) groups is 1. The number of carbonyl (C=O) groups excluding carboxylic acids is 1. The van der Waals surface area contributed by atoms with Crippen LogP contribution in [0, 0.1) is 5.92 Å². The lowest BCUT2D eigenvalue weighted by Gasteiger charge is -2.47. The molecule has 252 valence electrons. The summed E-state index contributed by atoms with van der Waals surface area (Å²) in [6, 6.07) is 10.6. The van der Waals surface area contributed by atoms with E-state index in [4.69, 9.17) is 20.6 Å². The van der Waals surface area contributed by atoms with Crippen molar-refractivity contribution in [1.82, 2.24) is 24.1 Å². The van der Waals surface area contributed by atoms with Gasteiger partial charge in [-0.2, -0.15) is 9.61 Å². The number of pyridine rings is 2. The summed E-state index contributed by atoms with van der Waals surface area (Å²) in [6.07, 6.45) is 20.4. The van der Waals surface area contributed by atoms with Crippen molar-refractivity contribution in [2.24, 2.45) is 11.7 Å². The normalized spacial score (nSPS) is 17.5. The molecule has 1 fully saturated rings. The van der Waals surface area contributed by atoms with Crippen molar-refractivity contribution >= 4 is 28.9 Å². The predicted molar refractivity (Wildman–Crippen MR) is 187 cm³/mol. The maximum Gasteiger partial charge on any atom is 0.279 e. The number of primary amides is 1. The third-order valence-electron chi connectivity index (χ3n) is 9.64. The highest BCUT2D eigenvalue weighted by atomic mass is 16.5. The average Bonchev–Trinajstić information content (AvgIpc) is 3.46. The van der Waals surface area contributed by atoms with Crippen LogP contribution in [0.2, 0.25) is 0 Å². The van der Waals surface area contributed by atoms with Gasteiger partial charge in [-0.25, -0.2) is 9.97 Å². The first-order valence-electron chi connectivity index (χ1n) is 17.3. The van der Waals surface area contributed by atoms with Gasteiger partial charge in [0.05, 0.1) is 0 Å². The van der Waals surface area contributed by atoms with Crippen LogP contribution in [0.3, 0.4) is 0 Å². The van der Waals surface area contributed by atoms with Crippen LogP contribution in [0.5, 0.6) is 0 Å². The second kappa shape index (κ2) is 16.0. The monoisotopic (exact) mass is 642 g/mol. The van der Waals surface area contributed by atoms with E-state index in [1.54, 1.807) is 61.4 Å². The number of fused-ring (bicyclic) bond motifs is 1. The predicted octanol–water partition coefficient (Wildman–Crippen LogP) is 7.11. The Hall–Kier alpha value is -4.25. The molecule has 1 aliphatic rings. The molecule has 4 aromatic heterocycles. The van der Waals surface area contributed by atoms with Gasteiger partial charge in [-0.15, -0.1) is 0 Å². The number of aromatic nitrogens is 5. The third kappa shape index (κ3) is 7.51. The molecule has 47 heavy (non-hydrogen) atoms. The first-order valence-corrected chi connectivity index (χ1v) is 17.3. The lowest BCUT2D eigenvalue weighted by Crippen LogP contribution is -2.47. The molecule has 0 unspecified atom stereocenters. The molecule has 1 saturated carbocycles. The highest BCUT2D eigenvalue weighted by Crippen LogP contribution is 2.52. The van der Waals surface area contributed by atoms with Crippen molar-refractivity contribution in [1.29, 1.82) is 0 Å². The van der Waals surface area contributed by atoms with Crippen molar-refractivity contribution in [2.45, 2.75) is 102 Å². The molecule has 4 aromatic rings. The molecule has 1 amide bonds. The molecule has 0 bridgehead atoms. The Morgan fingerprint density at radius 1 is 1.04 bits per heavy atom. The summed E-state index contributed by atoms with van der Waals surface area (Å²) in [4.78, 5) is 35.5. The van der Waals surface area contributed by atoms with Crippen LogP contribution >= 0.6 is 0 Å². The molecule has 5 rings (SSSR count). The zero-order valence-electron chi connectivity index (χ0n) is 28.1. The number of anilines is 3. The fourth-order valence-electron chi connectivity index (χ4n) is 6.91. The van der Waals surface area contributed by atoms with Crippen molar-refractivity contribution < 1.29 is 9.53 Å².